The van der Waals surface area contributed by atoms with Crippen molar-refractivity contribution < 1.29 is 4.42 Å². The van der Waals surface area contributed by atoms with Crippen LogP contribution in [0.2, 0.25) is 0 Å². The third-order valence-corrected chi connectivity index (χ3v) is 2.48. The van der Waals surface area contributed by atoms with Gasteiger partial charge in [-0.3, -0.25) is 0 Å². The fraction of sp³-hybridized carbons (Fsp3) is 0.556. The van der Waals surface area contributed by atoms with E-state index in [0.717, 1.165) is 18.6 Å². The molecular weight excluding hydrogens is 138 g/mol. The van der Waals surface area contributed by atoms with Crippen LogP contribution >= 0.6 is 0 Å². The van der Waals surface area contributed by atoms with Crippen molar-refractivity contribution in [1.29, 1.82) is 0 Å². The second-order valence-electron chi connectivity index (χ2n) is 3.31. The summed E-state index contributed by atoms with van der Waals surface area (Å²) in [5.41, 5.74) is 7.17. The third kappa shape index (κ3) is 0.979. The van der Waals surface area contributed by atoms with Gasteiger partial charge in [0, 0.05) is 12.0 Å². The highest BCUT2D eigenvalue weighted by Crippen LogP contribution is 2.35. The Bertz CT molecular complexity index is 252. The molecule has 1 aromatic heterocycles. The fourth-order valence-electron chi connectivity index (χ4n) is 1.82. The van der Waals surface area contributed by atoms with Gasteiger partial charge in [-0.1, -0.05) is 0 Å². The summed E-state index contributed by atoms with van der Waals surface area (Å²) in [4.78, 5) is 0. The van der Waals surface area contributed by atoms with Crippen molar-refractivity contribution in [3.63, 3.8) is 0 Å². The lowest BCUT2D eigenvalue weighted by molar-refractivity contribution is 0.434. The minimum Gasteiger partial charge on any atom is -0.469 e. The predicted octanol–water partition coefficient (Wildman–Crippen LogP) is 1.66. The molecule has 60 valence electrons. The fourth-order valence-corrected chi connectivity index (χ4v) is 1.82. The van der Waals surface area contributed by atoms with Gasteiger partial charge < -0.3 is 10.2 Å². The van der Waals surface area contributed by atoms with Crippen molar-refractivity contribution in [3.8, 4) is 0 Å². The number of aryl methyl sites for hydroxylation is 1. The monoisotopic (exact) mass is 151 g/mol. The SMILES string of the molecule is CC(N)C1CCc2ccoc21. The molecule has 1 heterocycles. The molecule has 1 aromatic rings. The predicted molar refractivity (Wildman–Crippen MR) is 43.4 cm³/mol. The quantitative estimate of drug-likeness (QED) is 0.663. The molecule has 2 heteroatoms. The van der Waals surface area contributed by atoms with Crippen LogP contribution in [0.25, 0.3) is 0 Å². The molecule has 11 heavy (non-hydrogen) atoms. The summed E-state index contributed by atoms with van der Waals surface area (Å²) in [6.45, 7) is 2.04. The zero-order valence-corrected chi connectivity index (χ0v) is 6.71. The zero-order chi connectivity index (χ0) is 7.84. The largest absolute Gasteiger partial charge is 0.469 e. The second kappa shape index (κ2) is 2.38. The van der Waals surface area contributed by atoms with E-state index in [1.165, 1.54) is 5.56 Å². The molecule has 0 spiro atoms. The van der Waals surface area contributed by atoms with E-state index in [9.17, 15) is 0 Å². The van der Waals surface area contributed by atoms with Crippen LogP contribution in [0.1, 0.15) is 30.6 Å². The lowest BCUT2D eigenvalue weighted by Crippen LogP contribution is -2.22. The first-order valence-corrected chi connectivity index (χ1v) is 4.11. The van der Waals surface area contributed by atoms with Crippen LogP contribution in [0.4, 0.5) is 0 Å². The molecule has 0 saturated carbocycles. The molecule has 0 aliphatic heterocycles. The number of nitrogens with two attached hydrogens (primary N) is 1. The molecule has 0 amide bonds. The molecule has 2 unspecified atom stereocenters. The molecule has 0 aromatic carbocycles. The smallest absolute Gasteiger partial charge is 0.111 e. The van der Waals surface area contributed by atoms with Gasteiger partial charge in [0.1, 0.15) is 5.76 Å². The zero-order valence-electron chi connectivity index (χ0n) is 6.71. The van der Waals surface area contributed by atoms with Gasteiger partial charge in [-0.15, -0.1) is 0 Å². The summed E-state index contributed by atoms with van der Waals surface area (Å²) in [6.07, 6.45) is 4.06. The first-order chi connectivity index (χ1) is 5.29. The Morgan fingerprint density at radius 3 is 3.27 bits per heavy atom. The van der Waals surface area contributed by atoms with E-state index < -0.39 is 0 Å². The number of furan rings is 1. The maximum Gasteiger partial charge on any atom is 0.111 e. The summed E-state index contributed by atoms with van der Waals surface area (Å²) < 4.78 is 5.37. The van der Waals surface area contributed by atoms with Crippen molar-refractivity contribution in [2.75, 3.05) is 0 Å². The molecular formula is C9H13NO. The summed E-state index contributed by atoms with van der Waals surface area (Å²) >= 11 is 0. The van der Waals surface area contributed by atoms with E-state index in [4.69, 9.17) is 10.2 Å². The van der Waals surface area contributed by atoms with Crippen LogP contribution in [0.5, 0.6) is 0 Å². The minimum atomic E-state index is 0.224. The summed E-state index contributed by atoms with van der Waals surface area (Å²) in [5, 5.41) is 0. The molecule has 0 radical (unpaired) electrons. The summed E-state index contributed by atoms with van der Waals surface area (Å²) in [5.74, 6) is 1.58. The lowest BCUT2D eigenvalue weighted by Gasteiger charge is -2.12. The molecule has 1 aliphatic rings. The number of fused-ring (bicyclic) bond motifs is 1. The van der Waals surface area contributed by atoms with Crippen LogP contribution in [0.15, 0.2) is 16.7 Å². The third-order valence-electron chi connectivity index (χ3n) is 2.48. The number of hydrogen-bond acceptors (Lipinski definition) is 2. The van der Waals surface area contributed by atoms with Crippen molar-refractivity contribution >= 4 is 0 Å². The van der Waals surface area contributed by atoms with Gasteiger partial charge in [-0.2, -0.15) is 0 Å². The van der Waals surface area contributed by atoms with Gasteiger partial charge in [0.2, 0.25) is 0 Å². The Hall–Kier alpha value is -0.760. The summed E-state index contributed by atoms with van der Waals surface area (Å²) in [7, 11) is 0. The van der Waals surface area contributed by atoms with E-state index >= 15 is 0 Å². The topological polar surface area (TPSA) is 39.2 Å². The van der Waals surface area contributed by atoms with Gasteiger partial charge in [-0.05, 0) is 31.4 Å². The molecule has 0 bridgehead atoms. The average Bonchev–Trinajstić information content (AvgIpc) is 2.41. The maximum absolute atomic E-state index is 5.81. The van der Waals surface area contributed by atoms with E-state index in [-0.39, 0.29) is 6.04 Å². The Kier molecular flexibility index (Phi) is 1.50. The van der Waals surface area contributed by atoms with Gasteiger partial charge in [0.15, 0.2) is 0 Å². The van der Waals surface area contributed by atoms with E-state index in [1.807, 2.05) is 6.92 Å². The second-order valence-corrected chi connectivity index (χ2v) is 3.31. The lowest BCUT2D eigenvalue weighted by atomic mass is 10.0. The van der Waals surface area contributed by atoms with Crippen molar-refractivity contribution in [2.24, 2.45) is 5.73 Å². The normalized spacial score (nSPS) is 25.1. The maximum atomic E-state index is 5.81. The molecule has 2 N–H and O–H groups in total. The standard InChI is InChI=1S/C9H13NO/c1-6(10)8-3-2-7-4-5-11-9(7)8/h4-6,8H,2-3,10H2,1H3. The highest BCUT2D eigenvalue weighted by atomic mass is 16.3. The van der Waals surface area contributed by atoms with Crippen LogP contribution < -0.4 is 5.73 Å². The Morgan fingerprint density at radius 2 is 2.55 bits per heavy atom. The Balaban J connectivity index is 2.31. The minimum absolute atomic E-state index is 0.224. The van der Waals surface area contributed by atoms with Gasteiger partial charge >= 0.3 is 0 Å². The van der Waals surface area contributed by atoms with Crippen LogP contribution in [-0.2, 0) is 6.42 Å². The van der Waals surface area contributed by atoms with Gasteiger partial charge in [-0.25, -0.2) is 0 Å². The molecule has 2 atom stereocenters. The van der Waals surface area contributed by atoms with Crippen molar-refractivity contribution in [3.05, 3.63) is 23.7 Å². The number of rotatable bonds is 1. The first kappa shape index (κ1) is 6.92. The van der Waals surface area contributed by atoms with Gasteiger partial charge in [0.25, 0.3) is 0 Å². The van der Waals surface area contributed by atoms with Crippen LogP contribution in [0.3, 0.4) is 0 Å². The van der Waals surface area contributed by atoms with Crippen LogP contribution in [-0.4, -0.2) is 6.04 Å². The highest BCUT2D eigenvalue weighted by Gasteiger charge is 2.27. The summed E-state index contributed by atoms with van der Waals surface area (Å²) in [6, 6.07) is 2.28. The van der Waals surface area contributed by atoms with Crippen molar-refractivity contribution in [2.45, 2.75) is 31.7 Å². The average molecular weight is 151 g/mol. The molecule has 2 nitrogen and oxygen atoms in total. The first-order valence-electron chi connectivity index (χ1n) is 4.11. The Morgan fingerprint density at radius 1 is 1.73 bits per heavy atom. The molecule has 0 saturated heterocycles. The Labute approximate surface area is 66.4 Å². The molecule has 1 aliphatic carbocycles. The highest BCUT2D eigenvalue weighted by molar-refractivity contribution is 5.27. The van der Waals surface area contributed by atoms with Gasteiger partial charge in [0.05, 0.1) is 6.26 Å². The van der Waals surface area contributed by atoms with E-state index in [2.05, 4.69) is 6.07 Å². The van der Waals surface area contributed by atoms with E-state index in [1.54, 1.807) is 6.26 Å². The number of hydrogen-bond donors (Lipinski definition) is 1. The molecule has 0 fully saturated rings. The van der Waals surface area contributed by atoms with Crippen LogP contribution in [0, 0.1) is 0 Å². The molecule has 2 rings (SSSR count). The van der Waals surface area contributed by atoms with E-state index in [0.29, 0.717) is 5.92 Å². The van der Waals surface area contributed by atoms with Crippen molar-refractivity contribution in [1.82, 2.24) is 0 Å².